The first-order chi connectivity index (χ1) is 18.4. The summed E-state index contributed by atoms with van der Waals surface area (Å²) in [7, 11) is 2.93. The second kappa shape index (κ2) is 10.2. The van der Waals surface area contributed by atoms with Crippen LogP contribution in [-0.4, -0.2) is 23.6 Å². The van der Waals surface area contributed by atoms with Crippen molar-refractivity contribution in [2.24, 2.45) is 14.1 Å². The molecule has 5 rings (SSSR count). The minimum atomic E-state index is -0.543. The normalized spacial score (nSPS) is 10.5. The molecule has 0 aliphatic heterocycles. The first-order valence-corrected chi connectivity index (χ1v) is 13.4. The van der Waals surface area contributed by atoms with Gasteiger partial charge < -0.3 is 0 Å². The van der Waals surface area contributed by atoms with Crippen LogP contribution in [0.5, 0.6) is 0 Å². The number of nitrogens with zero attached hydrogens (tertiary/aromatic N) is 5. The fourth-order valence-corrected chi connectivity index (χ4v) is 6.55. The molecular weight excluding hydrogens is 541 g/mol. The number of benzene rings is 3. The Balaban J connectivity index is 1.71. The van der Waals surface area contributed by atoms with Crippen molar-refractivity contribution in [3.8, 4) is 6.07 Å². The van der Waals surface area contributed by atoms with Gasteiger partial charge in [-0.15, -0.1) is 0 Å². The average Bonchev–Trinajstić information content (AvgIpc) is 3.41. The van der Waals surface area contributed by atoms with Gasteiger partial charge in [-0.25, -0.2) is 0 Å². The molecule has 0 saturated heterocycles. The summed E-state index contributed by atoms with van der Waals surface area (Å²) in [5.74, 6) is 0. The number of anilines is 3. The molecule has 0 atom stereocenters. The molecule has 0 aliphatic carbocycles. The fourth-order valence-electron chi connectivity index (χ4n) is 4.48. The monoisotopic (exact) mass is 563 g/mol. The number of rotatable bonds is 4. The average molecular weight is 562 g/mol. The molecule has 2 aromatic heterocycles. The van der Waals surface area contributed by atoms with Crippen molar-refractivity contribution in [1.82, 2.24) is 9.13 Å². The predicted molar refractivity (Wildman–Crippen MR) is 151 cm³/mol. The predicted octanol–water partition coefficient (Wildman–Crippen LogP) is 3.14. The molecule has 0 saturated carbocycles. The third kappa shape index (κ3) is 4.29. The molecule has 8 heteroatoms. The third-order valence-electron chi connectivity index (χ3n) is 6.28. The molecule has 5 aromatic rings. The molecule has 3 aromatic carbocycles. The van der Waals surface area contributed by atoms with E-state index in [4.69, 9.17) is 6.57 Å². The zero-order chi connectivity index (χ0) is 26.8. The van der Waals surface area contributed by atoms with Crippen molar-refractivity contribution in [1.29, 1.82) is 5.26 Å². The van der Waals surface area contributed by atoms with E-state index in [9.17, 15) is 14.9 Å². The number of nitriles is 1. The Labute approximate surface area is 224 Å². The van der Waals surface area contributed by atoms with Crippen molar-refractivity contribution < 1.29 is 0 Å². The van der Waals surface area contributed by atoms with Gasteiger partial charge in [0.1, 0.15) is 0 Å². The van der Waals surface area contributed by atoms with E-state index in [0.717, 1.165) is 31.1 Å². The van der Waals surface area contributed by atoms with Crippen molar-refractivity contribution >= 4 is 53.0 Å². The summed E-state index contributed by atoms with van der Waals surface area (Å²) in [6, 6.07) is 30.3. The number of hydrogen-bond donors (Lipinski definition) is 0. The summed E-state index contributed by atoms with van der Waals surface area (Å²) >= 11 is -0.206. The molecule has 0 spiro atoms. The molecular formula is C30H21N5O2Se. The van der Waals surface area contributed by atoms with Crippen molar-refractivity contribution in [3.63, 3.8) is 0 Å². The molecule has 0 unspecified atom stereocenters. The summed E-state index contributed by atoms with van der Waals surface area (Å²) in [5.41, 5.74) is 0.661. The van der Waals surface area contributed by atoms with Gasteiger partial charge >= 0.3 is 225 Å². The molecule has 0 aliphatic rings. The van der Waals surface area contributed by atoms with Crippen LogP contribution < -0.4 is 26.7 Å². The fraction of sp³-hybridized carbons (Fsp3) is 0.0667. The van der Waals surface area contributed by atoms with E-state index >= 15 is 0 Å². The summed E-state index contributed by atoms with van der Waals surface area (Å²) in [4.78, 5) is 31.7. The van der Waals surface area contributed by atoms with Crippen molar-refractivity contribution in [3.05, 3.63) is 132 Å². The SMILES string of the molecule is [C-]#[N+]C(C#N)=c1n(C)c(=O)c(=Cc2ccc(N(c3ccccc3)c3cccc4ccccc34)[se]2)c(=O)n1C. The van der Waals surface area contributed by atoms with Gasteiger partial charge in [0.25, 0.3) is 0 Å². The van der Waals surface area contributed by atoms with Crippen LogP contribution in [0.3, 0.4) is 0 Å². The van der Waals surface area contributed by atoms with Gasteiger partial charge in [0.2, 0.25) is 0 Å². The van der Waals surface area contributed by atoms with Crippen LogP contribution in [0.1, 0.15) is 4.44 Å². The van der Waals surface area contributed by atoms with E-state index in [1.807, 2.05) is 48.5 Å². The maximum atomic E-state index is 13.1. The van der Waals surface area contributed by atoms with Crippen LogP contribution in [0.15, 0.2) is 94.5 Å². The van der Waals surface area contributed by atoms with E-state index in [2.05, 4.69) is 46.1 Å². The van der Waals surface area contributed by atoms with E-state index in [0.29, 0.717) is 0 Å². The number of fused-ring (bicyclic) bond motifs is 1. The van der Waals surface area contributed by atoms with Gasteiger partial charge in [0.05, 0.1) is 0 Å². The van der Waals surface area contributed by atoms with Crippen LogP contribution in [0.4, 0.5) is 15.9 Å². The zero-order valence-corrected chi connectivity index (χ0v) is 22.3. The van der Waals surface area contributed by atoms with Crippen LogP contribution >= 0.6 is 0 Å². The summed E-state index contributed by atoms with van der Waals surface area (Å²) in [5, 5.41) is 11.5. The van der Waals surface area contributed by atoms with Gasteiger partial charge in [0.15, 0.2) is 0 Å². The Kier molecular flexibility index (Phi) is 6.68. The molecule has 0 amide bonds. The molecule has 184 valence electrons. The summed E-state index contributed by atoms with van der Waals surface area (Å²) < 4.78 is 4.30. The quantitative estimate of drug-likeness (QED) is 0.249. The Hall–Kier alpha value is -4.88. The molecule has 2 heterocycles. The van der Waals surface area contributed by atoms with Gasteiger partial charge in [-0.05, 0) is 0 Å². The molecule has 0 radical (unpaired) electrons. The van der Waals surface area contributed by atoms with E-state index < -0.39 is 11.1 Å². The van der Waals surface area contributed by atoms with Gasteiger partial charge in [0, 0.05) is 0 Å². The first-order valence-electron chi connectivity index (χ1n) is 11.7. The molecule has 7 nitrogen and oxygen atoms in total. The van der Waals surface area contributed by atoms with E-state index in [1.165, 1.54) is 23.2 Å². The summed E-state index contributed by atoms with van der Waals surface area (Å²) in [6.07, 6.45) is 1.63. The number of para-hydroxylation sites is 1. The van der Waals surface area contributed by atoms with Crippen molar-refractivity contribution in [2.75, 3.05) is 4.90 Å². The van der Waals surface area contributed by atoms with Gasteiger partial charge in [-0.3, -0.25) is 0 Å². The Bertz CT molecular complexity index is 1960. The van der Waals surface area contributed by atoms with E-state index in [1.54, 1.807) is 12.1 Å². The van der Waals surface area contributed by atoms with Crippen LogP contribution in [0.25, 0.3) is 27.4 Å². The topological polar surface area (TPSA) is 75.4 Å². The third-order valence-corrected chi connectivity index (χ3v) is 8.41. The first kappa shape index (κ1) is 24.8. The molecule has 38 heavy (non-hydrogen) atoms. The Morgan fingerprint density at radius 1 is 0.921 bits per heavy atom. The second-order valence-electron chi connectivity index (χ2n) is 8.53. The Morgan fingerprint density at radius 3 is 2.26 bits per heavy atom. The molecule has 0 bridgehead atoms. The van der Waals surface area contributed by atoms with Crippen LogP contribution in [-0.2, 0) is 14.1 Å². The molecule has 0 N–H and O–H groups in total. The summed E-state index contributed by atoms with van der Waals surface area (Å²) in [6.45, 7) is 7.23. The molecule has 0 fully saturated rings. The Morgan fingerprint density at radius 2 is 1.58 bits per heavy atom. The van der Waals surface area contributed by atoms with E-state index in [-0.39, 0.29) is 30.9 Å². The maximum absolute atomic E-state index is 13.1. The van der Waals surface area contributed by atoms with Crippen LogP contribution in [0.2, 0.25) is 0 Å². The zero-order valence-electron chi connectivity index (χ0n) is 20.6. The second-order valence-corrected chi connectivity index (χ2v) is 10.8. The van der Waals surface area contributed by atoms with Gasteiger partial charge in [-0.2, -0.15) is 0 Å². The minimum absolute atomic E-state index is 0.000201. The number of aromatic nitrogens is 2. The van der Waals surface area contributed by atoms with Crippen molar-refractivity contribution in [2.45, 2.75) is 0 Å². The standard InChI is InChI=1S/C30H21N5O2Se/c1-32-25(19-31)28-33(2)29(36)24(30(37)34(28)3)18-22-16-17-27(38-22)35(21-12-5-4-6-13-21)26-15-9-11-20-10-7-8-14-23(20)26/h4-18H,2-3H3. The number of hydrogen-bond acceptors (Lipinski definition) is 4. The van der Waals surface area contributed by atoms with Crippen LogP contribution in [0, 0.1) is 17.9 Å². The van der Waals surface area contributed by atoms with Gasteiger partial charge in [-0.1, -0.05) is 0 Å².